The van der Waals surface area contributed by atoms with Crippen LogP contribution in [0.1, 0.15) is 46.5 Å². The smallest absolute Gasteiger partial charge is 0.0360 e. The second-order valence-electron chi connectivity index (χ2n) is 5.40. The summed E-state index contributed by atoms with van der Waals surface area (Å²) in [5.74, 6) is 5.30. The van der Waals surface area contributed by atoms with E-state index in [-0.39, 0.29) is 0 Å². The first kappa shape index (κ1) is 8.59. The molecule has 5 unspecified atom stereocenters. The maximum Gasteiger partial charge on any atom is -0.0360 e. The van der Waals surface area contributed by atoms with Crippen molar-refractivity contribution in [2.24, 2.45) is 29.6 Å². The fourth-order valence-electron chi connectivity index (χ4n) is 2.88. The van der Waals surface area contributed by atoms with Crippen LogP contribution in [0.15, 0.2) is 0 Å². The molecule has 0 amide bonds. The highest BCUT2D eigenvalue weighted by molar-refractivity contribution is 4.89. The Kier molecular flexibility index (Phi) is 2.18. The van der Waals surface area contributed by atoms with Gasteiger partial charge in [0.1, 0.15) is 0 Å². The lowest BCUT2D eigenvalue weighted by atomic mass is 9.70. The van der Waals surface area contributed by atoms with Gasteiger partial charge in [-0.05, 0) is 48.9 Å². The average molecular weight is 166 g/mol. The molecule has 0 aliphatic heterocycles. The van der Waals surface area contributed by atoms with Crippen molar-refractivity contribution in [1.82, 2.24) is 0 Å². The molecule has 0 bridgehead atoms. The molecule has 0 aromatic rings. The number of hydrogen-bond donors (Lipinski definition) is 0. The van der Waals surface area contributed by atoms with E-state index in [1.54, 1.807) is 0 Å². The highest BCUT2D eigenvalue weighted by atomic mass is 14.4. The Balaban J connectivity index is 1.72. The van der Waals surface area contributed by atoms with Crippen LogP contribution in [0.3, 0.4) is 0 Å². The molecule has 0 aromatic heterocycles. The van der Waals surface area contributed by atoms with Crippen molar-refractivity contribution in [2.45, 2.75) is 46.5 Å². The van der Waals surface area contributed by atoms with E-state index in [0.29, 0.717) is 0 Å². The Labute approximate surface area is 76.7 Å². The van der Waals surface area contributed by atoms with Crippen LogP contribution in [-0.4, -0.2) is 0 Å². The zero-order chi connectivity index (χ0) is 8.72. The van der Waals surface area contributed by atoms with Crippen molar-refractivity contribution >= 4 is 0 Å². The molecule has 2 aliphatic carbocycles. The van der Waals surface area contributed by atoms with Gasteiger partial charge in [0.05, 0.1) is 0 Å². The van der Waals surface area contributed by atoms with Crippen LogP contribution in [0, 0.1) is 29.6 Å². The van der Waals surface area contributed by atoms with E-state index in [1.807, 2.05) is 0 Å². The molecule has 0 aromatic carbocycles. The van der Waals surface area contributed by atoms with E-state index < -0.39 is 0 Å². The van der Waals surface area contributed by atoms with Crippen molar-refractivity contribution in [2.75, 3.05) is 0 Å². The van der Waals surface area contributed by atoms with Gasteiger partial charge in [-0.3, -0.25) is 0 Å². The lowest BCUT2D eigenvalue weighted by Gasteiger charge is -2.35. The molecule has 0 saturated heterocycles. The summed E-state index contributed by atoms with van der Waals surface area (Å²) in [5.41, 5.74) is 0. The van der Waals surface area contributed by atoms with Gasteiger partial charge < -0.3 is 0 Å². The van der Waals surface area contributed by atoms with Gasteiger partial charge in [-0.2, -0.15) is 0 Å². The largest absolute Gasteiger partial charge is 0.0622 e. The van der Waals surface area contributed by atoms with Crippen LogP contribution >= 0.6 is 0 Å². The van der Waals surface area contributed by atoms with Crippen LogP contribution < -0.4 is 0 Å². The van der Waals surface area contributed by atoms with Gasteiger partial charge in [0.15, 0.2) is 0 Å². The summed E-state index contributed by atoms with van der Waals surface area (Å²) in [6, 6.07) is 0. The molecule has 5 atom stereocenters. The Morgan fingerprint density at radius 1 is 1.17 bits per heavy atom. The van der Waals surface area contributed by atoms with Gasteiger partial charge in [-0.1, -0.05) is 27.2 Å². The Bertz CT molecular complexity index is 161. The van der Waals surface area contributed by atoms with Gasteiger partial charge in [0.2, 0.25) is 0 Å². The molecule has 0 spiro atoms. The summed E-state index contributed by atoms with van der Waals surface area (Å²) < 4.78 is 0. The van der Waals surface area contributed by atoms with E-state index >= 15 is 0 Å². The molecular formula is C12H22. The molecule has 2 fully saturated rings. The minimum absolute atomic E-state index is 1.02. The lowest BCUT2D eigenvalue weighted by molar-refractivity contribution is 0.153. The van der Waals surface area contributed by atoms with Crippen molar-refractivity contribution in [3.05, 3.63) is 0 Å². The average Bonchev–Trinajstić information content (AvgIpc) is 2.75. The lowest BCUT2D eigenvalue weighted by Crippen LogP contribution is -2.25. The van der Waals surface area contributed by atoms with Gasteiger partial charge in [0.25, 0.3) is 0 Å². The molecule has 0 N–H and O–H groups in total. The first-order valence-electron chi connectivity index (χ1n) is 5.68. The number of hydrogen-bond acceptors (Lipinski definition) is 0. The van der Waals surface area contributed by atoms with E-state index in [0.717, 1.165) is 29.6 Å². The third-order valence-corrected chi connectivity index (χ3v) is 4.37. The predicted octanol–water partition coefficient (Wildman–Crippen LogP) is 3.71. The number of rotatable bonds is 3. The second kappa shape index (κ2) is 3.05. The van der Waals surface area contributed by atoms with Gasteiger partial charge in [0, 0.05) is 0 Å². The monoisotopic (exact) mass is 166 g/mol. The van der Waals surface area contributed by atoms with Crippen LogP contribution in [0.4, 0.5) is 0 Å². The molecule has 0 radical (unpaired) electrons. The van der Waals surface area contributed by atoms with Crippen LogP contribution in [0.25, 0.3) is 0 Å². The van der Waals surface area contributed by atoms with Crippen molar-refractivity contribution in [1.29, 1.82) is 0 Å². The third-order valence-electron chi connectivity index (χ3n) is 4.37. The minimum Gasteiger partial charge on any atom is -0.0622 e. The maximum atomic E-state index is 2.47. The highest BCUT2D eigenvalue weighted by Crippen LogP contribution is 2.48. The van der Waals surface area contributed by atoms with E-state index in [4.69, 9.17) is 0 Å². The SMILES string of the molecule is CC1CCC1CC(C)C1CC1C. The Morgan fingerprint density at radius 2 is 1.83 bits per heavy atom. The molecule has 0 heteroatoms. The first-order chi connectivity index (χ1) is 5.68. The topological polar surface area (TPSA) is 0 Å². The zero-order valence-corrected chi connectivity index (χ0v) is 8.72. The van der Waals surface area contributed by atoms with Crippen LogP contribution in [-0.2, 0) is 0 Å². The van der Waals surface area contributed by atoms with Gasteiger partial charge in [-0.25, -0.2) is 0 Å². The van der Waals surface area contributed by atoms with Crippen molar-refractivity contribution < 1.29 is 0 Å². The molecular weight excluding hydrogens is 144 g/mol. The van der Waals surface area contributed by atoms with Crippen molar-refractivity contribution in [3.63, 3.8) is 0 Å². The third kappa shape index (κ3) is 1.53. The normalized spacial score (nSPS) is 48.2. The minimum atomic E-state index is 1.02. The molecule has 0 heterocycles. The highest BCUT2D eigenvalue weighted by Gasteiger charge is 2.39. The summed E-state index contributed by atoms with van der Waals surface area (Å²) in [4.78, 5) is 0. The summed E-state index contributed by atoms with van der Waals surface area (Å²) in [6.07, 6.45) is 6.06. The van der Waals surface area contributed by atoms with E-state index in [1.165, 1.54) is 25.7 Å². The molecule has 2 rings (SSSR count). The van der Waals surface area contributed by atoms with Gasteiger partial charge in [-0.15, -0.1) is 0 Å². The molecule has 12 heavy (non-hydrogen) atoms. The van der Waals surface area contributed by atoms with E-state index in [2.05, 4.69) is 20.8 Å². The maximum absolute atomic E-state index is 2.47. The second-order valence-corrected chi connectivity index (χ2v) is 5.40. The summed E-state index contributed by atoms with van der Waals surface area (Å²) in [6.45, 7) is 7.31. The predicted molar refractivity (Wildman–Crippen MR) is 52.9 cm³/mol. The molecule has 2 aliphatic rings. The fraction of sp³-hybridized carbons (Fsp3) is 1.00. The fourth-order valence-corrected chi connectivity index (χ4v) is 2.88. The quantitative estimate of drug-likeness (QED) is 0.599. The Hall–Kier alpha value is 0. The van der Waals surface area contributed by atoms with E-state index in [9.17, 15) is 0 Å². The molecule has 0 nitrogen and oxygen atoms in total. The Morgan fingerprint density at radius 3 is 2.17 bits per heavy atom. The van der Waals surface area contributed by atoms with Gasteiger partial charge >= 0.3 is 0 Å². The van der Waals surface area contributed by atoms with Crippen LogP contribution in [0.5, 0.6) is 0 Å². The van der Waals surface area contributed by atoms with Crippen molar-refractivity contribution in [3.8, 4) is 0 Å². The summed E-state index contributed by atoms with van der Waals surface area (Å²) in [7, 11) is 0. The standard InChI is InChI=1S/C12H22/c1-8-4-5-11(8)6-9(2)12-7-10(12)3/h8-12H,4-7H2,1-3H3. The molecule has 2 saturated carbocycles. The zero-order valence-electron chi connectivity index (χ0n) is 8.72. The summed E-state index contributed by atoms with van der Waals surface area (Å²) in [5, 5.41) is 0. The summed E-state index contributed by atoms with van der Waals surface area (Å²) >= 11 is 0. The molecule has 70 valence electrons. The van der Waals surface area contributed by atoms with Crippen LogP contribution in [0.2, 0.25) is 0 Å². The first-order valence-corrected chi connectivity index (χ1v) is 5.68.